The lowest BCUT2D eigenvalue weighted by Gasteiger charge is -2.41. The van der Waals surface area contributed by atoms with Crippen LogP contribution in [-0.2, 0) is 22.7 Å². The zero-order chi connectivity index (χ0) is 29.8. The summed E-state index contributed by atoms with van der Waals surface area (Å²) in [7, 11) is 0. The fourth-order valence-electron chi connectivity index (χ4n) is 7.52. The molecule has 3 saturated carbocycles. The van der Waals surface area contributed by atoms with E-state index >= 15 is 0 Å². The first-order chi connectivity index (χ1) is 20.9. The Labute approximate surface area is 257 Å². The van der Waals surface area contributed by atoms with Crippen molar-refractivity contribution in [1.82, 2.24) is 25.8 Å². The SMILES string of the molecule is NCc1ccc(CNC(=O)[C@H]2CN(C(=O)C(CC3CC3)NC3CCCCC3)CC[C@H]2NC(=O)N2CCC3(CC2)CC3)cc1. The van der Waals surface area contributed by atoms with Crippen molar-refractivity contribution in [2.45, 2.75) is 115 Å². The Morgan fingerprint density at radius 3 is 2.21 bits per heavy atom. The van der Waals surface area contributed by atoms with Crippen LogP contribution >= 0.6 is 0 Å². The molecule has 5 aliphatic rings. The lowest BCUT2D eigenvalue weighted by Crippen LogP contribution is -2.61. The first-order valence-electron chi connectivity index (χ1n) is 17.1. The second-order valence-electron chi connectivity index (χ2n) is 14.2. The van der Waals surface area contributed by atoms with E-state index in [-0.39, 0.29) is 29.9 Å². The molecule has 0 bridgehead atoms. The van der Waals surface area contributed by atoms with Gasteiger partial charge in [-0.25, -0.2) is 4.79 Å². The molecule has 6 rings (SSSR count). The number of amides is 4. The number of hydrogen-bond acceptors (Lipinski definition) is 5. The lowest BCUT2D eigenvalue weighted by molar-refractivity contribution is -0.138. The maximum absolute atomic E-state index is 14.0. The number of nitrogens with one attached hydrogen (secondary N) is 3. The van der Waals surface area contributed by atoms with Gasteiger partial charge in [-0.1, -0.05) is 56.4 Å². The molecular formula is C34H52N6O3. The maximum atomic E-state index is 14.0. The largest absolute Gasteiger partial charge is 0.352 e. The standard InChI is InChI=1S/C34H52N6O3/c35-21-25-8-10-26(11-9-25)22-36-31(41)28-23-40(32(42)30(20-24-6-7-24)37-27-4-2-1-3-5-27)17-12-29(28)38-33(43)39-18-15-34(13-14-34)16-19-39/h8-11,24,27-30,37H,1-7,12-23,35H2,(H,36,41)(H,38,43)/t28-,29+,30?/m0/s1. The average Bonchev–Trinajstić information content (AvgIpc) is 3.99. The van der Waals surface area contributed by atoms with Crippen LogP contribution < -0.4 is 21.7 Å². The van der Waals surface area contributed by atoms with E-state index in [9.17, 15) is 14.4 Å². The highest BCUT2D eigenvalue weighted by Crippen LogP contribution is 2.53. The van der Waals surface area contributed by atoms with E-state index in [1.165, 1.54) is 44.9 Å². The zero-order valence-electron chi connectivity index (χ0n) is 25.8. The molecular weight excluding hydrogens is 540 g/mol. The van der Waals surface area contributed by atoms with Crippen molar-refractivity contribution in [3.8, 4) is 0 Å². The van der Waals surface area contributed by atoms with Crippen molar-refractivity contribution in [3.63, 3.8) is 0 Å². The molecule has 2 aliphatic heterocycles. The lowest BCUT2D eigenvalue weighted by atomic mass is 9.89. The number of hydrogen-bond donors (Lipinski definition) is 4. The molecule has 3 atom stereocenters. The number of benzene rings is 1. The van der Waals surface area contributed by atoms with E-state index in [1.807, 2.05) is 34.1 Å². The molecule has 0 aromatic heterocycles. The summed E-state index contributed by atoms with van der Waals surface area (Å²) >= 11 is 0. The Bertz CT molecular complexity index is 1120. The second kappa shape index (κ2) is 13.6. The number of nitrogens with zero attached hydrogens (tertiary/aromatic N) is 2. The van der Waals surface area contributed by atoms with E-state index in [0.717, 1.165) is 56.3 Å². The number of carbonyl (C=O) groups is 3. The molecule has 1 aromatic carbocycles. The van der Waals surface area contributed by atoms with E-state index < -0.39 is 5.92 Å². The molecule has 2 saturated heterocycles. The van der Waals surface area contributed by atoms with Gasteiger partial charge in [0, 0.05) is 51.4 Å². The van der Waals surface area contributed by atoms with E-state index in [1.54, 1.807) is 0 Å². The topological polar surface area (TPSA) is 120 Å². The van der Waals surface area contributed by atoms with Crippen LogP contribution in [-0.4, -0.2) is 71.9 Å². The Morgan fingerprint density at radius 2 is 1.56 bits per heavy atom. The van der Waals surface area contributed by atoms with E-state index in [4.69, 9.17) is 5.73 Å². The Morgan fingerprint density at radius 1 is 0.860 bits per heavy atom. The quantitative estimate of drug-likeness (QED) is 0.331. The van der Waals surface area contributed by atoms with Crippen molar-refractivity contribution >= 4 is 17.8 Å². The Hall–Kier alpha value is -2.65. The third kappa shape index (κ3) is 7.90. The molecule has 9 heteroatoms. The van der Waals surface area contributed by atoms with Crippen LogP contribution in [0.5, 0.6) is 0 Å². The van der Waals surface area contributed by atoms with Gasteiger partial charge in [-0.3, -0.25) is 9.59 Å². The summed E-state index contributed by atoms with van der Waals surface area (Å²) in [5, 5.41) is 10.1. The summed E-state index contributed by atoms with van der Waals surface area (Å²) in [5.74, 6) is 0.148. The molecule has 5 N–H and O–H groups in total. The van der Waals surface area contributed by atoms with Crippen LogP contribution in [0, 0.1) is 17.3 Å². The Balaban J connectivity index is 1.11. The summed E-state index contributed by atoms with van der Waals surface area (Å²) in [6.07, 6.45) is 14.6. The minimum Gasteiger partial charge on any atom is -0.352 e. The van der Waals surface area contributed by atoms with Crippen molar-refractivity contribution in [2.75, 3.05) is 26.2 Å². The monoisotopic (exact) mass is 592 g/mol. The van der Waals surface area contributed by atoms with Gasteiger partial charge in [-0.05, 0) is 73.8 Å². The van der Waals surface area contributed by atoms with Crippen LogP contribution in [0.15, 0.2) is 24.3 Å². The van der Waals surface area contributed by atoms with Gasteiger partial charge in [-0.2, -0.15) is 0 Å². The van der Waals surface area contributed by atoms with Gasteiger partial charge < -0.3 is 31.5 Å². The van der Waals surface area contributed by atoms with Gasteiger partial charge >= 0.3 is 6.03 Å². The minimum atomic E-state index is -0.499. The second-order valence-corrected chi connectivity index (χ2v) is 14.2. The van der Waals surface area contributed by atoms with E-state index in [0.29, 0.717) is 50.0 Å². The number of rotatable bonds is 10. The van der Waals surface area contributed by atoms with Gasteiger partial charge in [0.05, 0.1) is 12.0 Å². The van der Waals surface area contributed by atoms with Gasteiger partial charge in [0.1, 0.15) is 0 Å². The molecule has 5 fully saturated rings. The van der Waals surface area contributed by atoms with Gasteiger partial charge in [-0.15, -0.1) is 0 Å². The fraction of sp³-hybridized carbons (Fsp3) is 0.735. The van der Waals surface area contributed by atoms with Crippen LogP contribution in [0.1, 0.15) is 94.6 Å². The predicted octanol–water partition coefficient (Wildman–Crippen LogP) is 3.66. The number of likely N-dealkylation sites (tertiary alicyclic amines) is 2. The molecule has 4 amide bonds. The number of piperidine rings is 2. The summed E-state index contributed by atoms with van der Waals surface area (Å²) in [6.45, 7) is 3.35. The molecule has 9 nitrogen and oxygen atoms in total. The normalized spacial score (nSPS) is 26.2. The average molecular weight is 593 g/mol. The molecule has 3 aliphatic carbocycles. The summed E-state index contributed by atoms with van der Waals surface area (Å²) in [4.78, 5) is 45.0. The summed E-state index contributed by atoms with van der Waals surface area (Å²) < 4.78 is 0. The van der Waals surface area contributed by atoms with Crippen molar-refractivity contribution in [2.24, 2.45) is 23.0 Å². The number of nitrogens with two attached hydrogens (primary N) is 1. The highest BCUT2D eigenvalue weighted by atomic mass is 16.2. The van der Waals surface area contributed by atoms with Crippen LogP contribution in [0.25, 0.3) is 0 Å². The third-order valence-electron chi connectivity index (χ3n) is 11.0. The molecule has 1 unspecified atom stereocenters. The third-order valence-corrected chi connectivity index (χ3v) is 11.0. The van der Waals surface area contributed by atoms with Crippen LogP contribution in [0.2, 0.25) is 0 Å². The van der Waals surface area contributed by atoms with Crippen molar-refractivity contribution < 1.29 is 14.4 Å². The first kappa shape index (κ1) is 30.4. The molecule has 2 heterocycles. The molecule has 0 radical (unpaired) electrons. The highest BCUT2D eigenvalue weighted by molar-refractivity contribution is 5.85. The summed E-state index contributed by atoms with van der Waals surface area (Å²) in [6, 6.07) is 7.78. The Kier molecular flexibility index (Phi) is 9.57. The van der Waals surface area contributed by atoms with Crippen LogP contribution in [0.4, 0.5) is 4.79 Å². The molecule has 236 valence electrons. The van der Waals surface area contributed by atoms with E-state index in [2.05, 4.69) is 16.0 Å². The van der Waals surface area contributed by atoms with Crippen LogP contribution in [0.3, 0.4) is 0 Å². The number of carbonyl (C=O) groups excluding carboxylic acids is 3. The van der Waals surface area contributed by atoms with Gasteiger partial charge in [0.15, 0.2) is 0 Å². The van der Waals surface area contributed by atoms with Gasteiger partial charge in [0.25, 0.3) is 0 Å². The predicted molar refractivity (Wildman–Crippen MR) is 167 cm³/mol. The minimum absolute atomic E-state index is 0.0685. The maximum Gasteiger partial charge on any atom is 0.317 e. The molecule has 1 spiro atoms. The number of urea groups is 1. The van der Waals surface area contributed by atoms with Crippen molar-refractivity contribution in [3.05, 3.63) is 35.4 Å². The zero-order valence-corrected chi connectivity index (χ0v) is 25.8. The molecule has 1 aromatic rings. The summed E-state index contributed by atoms with van der Waals surface area (Å²) in [5.41, 5.74) is 8.28. The first-order valence-corrected chi connectivity index (χ1v) is 17.1. The highest BCUT2D eigenvalue weighted by Gasteiger charge is 2.46. The fourth-order valence-corrected chi connectivity index (χ4v) is 7.52. The molecule has 43 heavy (non-hydrogen) atoms. The van der Waals surface area contributed by atoms with Crippen molar-refractivity contribution in [1.29, 1.82) is 0 Å². The smallest absolute Gasteiger partial charge is 0.317 e. The van der Waals surface area contributed by atoms with Gasteiger partial charge in [0.2, 0.25) is 11.8 Å².